The highest BCUT2D eigenvalue weighted by atomic mass is 32.1. The highest BCUT2D eigenvalue weighted by Crippen LogP contribution is 2.19. The summed E-state index contributed by atoms with van der Waals surface area (Å²) in [6, 6.07) is 0.714. The molecule has 5 nitrogen and oxygen atoms in total. The van der Waals surface area contributed by atoms with Crippen molar-refractivity contribution in [1.82, 2.24) is 0 Å². The zero-order valence-electron chi connectivity index (χ0n) is 12.9. The Morgan fingerprint density at radius 3 is 1.90 bits per heavy atom. The third-order valence-electron chi connectivity index (χ3n) is 2.57. The van der Waals surface area contributed by atoms with Gasteiger partial charge >= 0.3 is 14.8 Å². The molecule has 0 aliphatic carbocycles. The fourth-order valence-corrected chi connectivity index (χ4v) is 4.37. The van der Waals surface area contributed by atoms with Crippen molar-refractivity contribution in [1.29, 1.82) is 0 Å². The molecule has 0 bridgehead atoms. The lowest BCUT2D eigenvalue weighted by Crippen LogP contribution is -2.45. The molecule has 0 aromatic rings. The molecule has 0 saturated carbocycles. The van der Waals surface area contributed by atoms with Gasteiger partial charge < -0.3 is 18.4 Å². The number of rotatable bonds is 11. The summed E-state index contributed by atoms with van der Waals surface area (Å²) >= 11 is 0. The molecule has 120 valence electrons. The number of hydrogen-bond donors (Lipinski definition) is 1. The maximum absolute atomic E-state index is 10.7. The average Bonchev–Trinajstić information content (AvgIpc) is 2.35. The van der Waals surface area contributed by atoms with Gasteiger partial charge in [-0.3, -0.25) is 0 Å². The second-order valence-electron chi connectivity index (χ2n) is 4.07. The summed E-state index contributed by atoms with van der Waals surface area (Å²) in [4.78, 5) is 10.7. The number of hydrogen-bond acceptors (Lipinski definition) is 4. The van der Waals surface area contributed by atoms with Crippen LogP contribution in [0.25, 0.3) is 0 Å². The number of aliphatic carboxylic acids is 1. The molecule has 0 fully saturated rings. The zero-order valence-corrected chi connectivity index (χ0v) is 14.9. The molecule has 7 heteroatoms. The average molecular weight is 325 g/mol. The van der Waals surface area contributed by atoms with Gasteiger partial charge in [-0.15, -0.1) is 0 Å². The van der Waals surface area contributed by atoms with Crippen molar-refractivity contribution in [2.24, 2.45) is 0 Å². The van der Waals surface area contributed by atoms with Crippen LogP contribution in [0.5, 0.6) is 0 Å². The van der Waals surface area contributed by atoms with Crippen LogP contribution in [0.2, 0.25) is 6.04 Å². The molecule has 0 amide bonds. The van der Waals surface area contributed by atoms with Gasteiger partial charge in [-0.1, -0.05) is 6.08 Å². The Kier molecular flexibility index (Phi) is 13.6. The molecular formula is C13H28O5SSi. The van der Waals surface area contributed by atoms with E-state index >= 15 is 0 Å². The lowest BCUT2D eigenvalue weighted by atomic mass is 10.2. The Hall–Kier alpha value is -0.343. The summed E-state index contributed by atoms with van der Waals surface area (Å²) < 4.78 is 17.2. The third kappa shape index (κ3) is 8.75. The highest BCUT2D eigenvalue weighted by Gasteiger charge is 2.39. The van der Waals surface area contributed by atoms with Crippen LogP contribution in [0.4, 0.5) is 0 Å². The molecule has 0 saturated heterocycles. The summed E-state index contributed by atoms with van der Waals surface area (Å²) in [7, 11) is -2.57. The van der Waals surface area contributed by atoms with Crippen molar-refractivity contribution in [2.45, 2.75) is 46.6 Å². The number of carboxylic acids is 1. The van der Waals surface area contributed by atoms with Crippen molar-refractivity contribution in [3.63, 3.8) is 0 Å². The molecule has 1 N–H and O–H groups in total. The van der Waals surface area contributed by atoms with E-state index in [1.54, 1.807) is 13.0 Å². The van der Waals surface area contributed by atoms with E-state index in [0.717, 1.165) is 6.42 Å². The van der Waals surface area contributed by atoms with Gasteiger partial charge in [0.2, 0.25) is 0 Å². The number of unbranched alkanes of at least 4 members (excludes halogenated alkanes) is 1. The minimum atomic E-state index is -2.57. The summed E-state index contributed by atoms with van der Waals surface area (Å²) in [5, 5.41) is 8.76. The molecular weight excluding hydrogens is 296 g/mol. The van der Waals surface area contributed by atoms with E-state index in [0.29, 0.717) is 37.9 Å². The van der Waals surface area contributed by atoms with Crippen molar-refractivity contribution in [3.8, 4) is 0 Å². The van der Waals surface area contributed by atoms with Crippen LogP contribution in [0.1, 0.15) is 40.5 Å². The van der Waals surface area contributed by atoms with E-state index in [2.05, 4.69) is 0 Å². The maximum Gasteiger partial charge on any atom is 0.500 e. The topological polar surface area (TPSA) is 65.0 Å². The molecule has 0 aromatic heterocycles. The predicted molar refractivity (Wildman–Crippen MR) is 86.4 cm³/mol. The van der Waals surface area contributed by atoms with Gasteiger partial charge in [-0.2, -0.15) is 13.5 Å². The minimum absolute atomic E-state index is 0. The summed E-state index contributed by atoms with van der Waals surface area (Å²) in [6.07, 6.45) is 3.22. The summed E-state index contributed by atoms with van der Waals surface area (Å²) in [5.41, 5.74) is 0.372. The van der Waals surface area contributed by atoms with Gasteiger partial charge in [0.1, 0.15) is 0 Å². The lowest BCUT2D eigenvalue weighted by molar-refractivity contribution is -0.132. The Morgan fingerprint density at radius 2 is 1.55 bits per heavy atom. The first-order valence-corrected chi connectivity index (χ1v) is 8.76. The normalized spacial score (nSPS) is 12.1. The predicted octanol–water partition coefficient (Wildman–Crippen LogP) is 2.96. The van der Waals surface area contributed by atoms with Gasteiger partial charge in [0.25, 0.3) is 0 Å². The quantitative estimate of drug-likeness (QED) is 0.359. The molecule has 0 unspecified atom stereocenters. The number of carbonyl (C=O) groups is 1. The second kappa shape index (κ2) is 12.4. The fraction of sp³-hybridized carbons (Fsp3) is 0.769. The molecule has 0 spiro atoms. The fourth-order valence-electron chi connectivity index (χ4n) is 1.73. The number of allylic oxidation sites excluding steroid dienone is 1. The van der Waals surface area contributed by atoms with Crippen molar-refractivity contribution in [2.75, 3.05) is 19.8 Å². The monoisotopic (exact) mass is 324 g/mol. The van der Waals surface area contributed by atoms with Crippen LogP contribution >= 0.6 is 13.5 Å². The molecule has 0 aliphatic heterocycles. The van der Waals surface area contributed by atoms with Gasteiger partial charge in [-0.25, -0.2) is 4.79 Å². The van der Waals surface area contributed by atoms with Crippen LogP contribution < -0.4 is 0 Å². The maximum atomic E-state index is 10.7. The summed E-state index contributed by atoms with van der Waals surface area (Å²) in [6.45, 7) is 9.07. The molecule has 20 heavy (non-hydrogen) atoms. The van der Waals surface area contributed by atoms with Gasteiger partial charge in [0.05, 0.1) is 0 Å². The standard InChI is InChI=1S/C13H26O5Si.H2S/c1-5-16-19(17-6-2,18-7-3)11-9-8-10-12(4)13(14)15;/h10H,5-9,11H2,1-4H3,(H,14,15);1H2. The van der Waals surface area contributed by atoms with Gasteiger partial charge in [0, 0.05) is 31.4 Å². The van der Waals surface area contributed by atoms with E-state index in [1.165, 1.54) is 0 Å². The third-order valence-corrected chi connectivity index (χ3v) is 5.72. The van der Waals surface area contributed by atoms with Gasteiger partial charge in [0.15, 0.2) is 0 Å². The number of carboxylic acid groups (broad SMARTS) is 1. The molecule has 0 atom stereocenters. The molecule has 0 radical (unpaired) electrons. The van der Waals surface area contributed by atoms with E-state index in [1.807, 2.05) is 20.8 Å². The van der Waals surface area contributed by atoms with Crippen LogP contribution in [0.3, 0.4) is 0 Å². The Morgan fingerprint density at radius 1 is 1.10 bits per heavy atom. The molecule has 0 aromatic carbocycles. The lowest BCUT2D eigenvalue weighted by Gasteiger charge is -2.28. The highest BCUT2D eigenvalue weighted by molar-refractivity contribution is 7.59. The first-order valence-electron chi connectivity index (χ1n) is 6.83. The Bertz CT molecular complexity index is 279. The van der Waals surface area contributed by atoms with Crippen molar-refractivity contribution >= 4 is 28.3 Å². The Balaban J connectivity index is 0. The van der Waals surface area contributed by atoms with Crippen LogP contribution in [-0.2, 0) is 18.1 Å². The van der Waals surface area contributed by atoms with Crippen LogP contribution in [0, 0.1) is 0 Å². The van der Waals surface area contributed by atoms with Crippen molar-refractivity contribution in [3.05, 3.63) is 11.6 Å². The van der Waals surface area contributed by atoms with Crippen LogP contribution in [0.15, 0.2) is 11.6 Å². The zero-order chi connectivity index (χ0) is 14.7. The Labute approximate surface area is 130 Å². The van der Waals surface area contributed by atoms with E-state index in [4.69, 9.17) is 18.4 Å². The van der Waals surface area contributed by atoms with Crippen LogP contribution in [-0.4, -0.2) is 39.7 Å². The summed E-state index contributed by atoms with van der Waals surface area (Å²) in [5.74, 6) is -0.872. The largest absolute Gasteiger partial charge is 0.500 e. The minimum Gasteiger partial charge on any atom is -0.478 e. The van der Waals surface area contributed by atoms with Gasteiger partial charge in [-0.05, 0) is 40.5 Å². The smallest absolute Gasteiger partial charge is 0.478 e. The second-order valence-corrected chi connectivity index (χ2v) is 6.80. The van der Waals surface area contributed by atoms with E-state index < -0.39 is 14.8 Å². The molecule has 0 aliphatic rings. The SMILES string of the molecule is CCO[Si](CCCC=C(C)C(=O)O)(OCC)OCC.S. The molecule has 0 heterocycles. The van der Waals surface area contributed by atoms with E-state index in [-0.39, 0.29) is 13.5 Å². The van der Waals surface area contributed by atoms with Crippen molar-refractivity contribution < 1.29 is 23.2 Å². The molecule has 0 rings (SSSR count). The van der Waals surface area contributed by atoms with E-state index in [9.17, 15) is 4.79 Å². The first-order chi connectivity index (χ1) is 9.01. The first kappa shape index (κ1) is 21.9.